The lowest BCUT2D eigenvalue weighted by molar-refractivity contribution is 0.146. The standard InChI is InChI=1S/C18H28N4O2/c23-14-13-21-9-5-17(6-10-21)20-18(24)22-11-3-16(4-12-22)15-1-7-19-8-2-15/h1-2,7-8,16-17,23H,3-6,9-14H2,(H,20,24). The maximum atomic E-state index is 12.5. The highest BCUT2D eigenvalue weighted by Crippen LogP contribution is 2.27. The van der Waals surface area contributed by atoms with E-state index in [9.17, 15) is 4.79 Å². The number of β-amino-alcohol motifs (C(OH)–C–C–N with tert-alkyl or cyclic N) is 1. The van der Waals surface area contributed by atoms with Crippen LogP contribution >= 0.6 is 0 Å². The topological polar surface area (TPSA) is 68.7 Å². The molecular weight excluding hydrogens is 304 g/mol. The third kappa shape index (κ3) is 4.45. The van der Waals surface area contributed by atoms with Crippen molar-refractivity contribution >= 4 is 6.03 Å². The Morgan fingerprint density at radius 3 is 2.42 bits per heavy atom. The number of carbonyl (C=O) groups excluding carboxylic acids is 1. The number of pyridine rings is 1. The van der Waals surface area contributed by atoms with Crippen molar-refractivity contribution in [2.24, 2.45) is 0 Å². The predicted octanol–water partition coefficient (Wildman–Crippen LogP) is 1.43. The number of hydrogen-bond acceptors (Lipinski definition) is 4. The van der Waals surface area contributed by atoms with Crippen LogP contribution in [0.3, 0.4) is 0 Å². The number of amides is 2. The van der Waals surface area contributed by atoms with Crippen LogP contribution in [-0.2, 0) is 0 Å². The summed E-state index contributed by atoms with van der Waals surface area (Å²) in [5.41, 5.74) is 1.33. The van der Waals surface area contributed by atoms with Crippen molar-refractivity contribution < 1.29 is 9.90 Å². The smallest absolute Gasteiger partial charge is 0.317 e. The Bertz CT molecular complexity index is 509. The molecule has 0 aromatic carbocycles. The maximum absolute atomic E-state index is 12.5. The summed E-state index contributed by atoms with van der Waals surface area (Å²) >= 11 is 0. The van der Waals surface area contributed by atoms with Crippen LogP contribution < -0.4 is 5.32 Å². The number of aliphatic hydroxyl groups is 1. The Hall–Kier alpha value is -1.66. The second kappa shape index (κ2) is 8.44. The van der Waals surface area contributed by atoms with Gasteiger partial charge in [0.25, 0.3) is 0 Å². The Labute approximate surface area is 143 Å². The summed E-state index contributed by atoms with van der Waals surface area (Å²) in [6.07, 6.45) is 7.67. The van der Waals surface area contributed by atoms with Gasteiger partial charge in [0.15, 0.2) is 0 Å². The van der Waals surface area contributed by atoms with Crippen molar-refractivity contribution in [1.82, 2.24) is 20.1 Å². The normalized spacial score (nSPS) is 21.0. The van der Waals surface area contributed by atoms with Crippen molar-refractivity contribution in [2.45, 2.75) is 37.6 Å². The van der Waals surface area contributed by atoms with E-state index in [2.05, 4.69) is 27.3 Å². The van der Waals surface area contributed by atoms with Crippen molar-refractivity contribution in [3.8, 4) is 0 Å². The molecule has 2 aliphatic rings. The van der Waals surface area contributed by atoms with Gasteiger partial charge < -0.3 is 20.2 Å². The molecule has 0 saturated carbocycles. The molecule has 6 nitrogen and oxygen atoms in total. The fourth-order valence-corrected chi connectivity index (χ4v) is 3.76. The van der Waals surface area contributed by atoms with E-state index in [1.165, 1.54) is 5.56 Å². The molecule has 3 heterocycles. The van der Waals surface area contributed by atoms with Gasteiger partial charge in [0.1, 0.15) is 0 Å². The van der Waals surface area contributed by atoms with Crippen LogP contribution in [0.5, 0.6) is 0 Å². The number of aliphatic hydroxyl groups excluding tert-OH is 1. The largest absolute Gasteiger partial charge is 0.395 e. The summed E-state index contributed by atoms with van der Waals surface area (Å²) in [4.78, 5) is 20.8. The lowest BCUT2D eigenvalue weighted by Gasteiger charge is -2.36. The number of likely N-dealkylation sites (tertiary alicyclic amines) is 2. The van der Waals surface area contributed by atoms with E-state index in [4.69, 9.17) is 5.11 Å². The molecular formula is C18H28N4O2. The highest BCUT2D eigenvalue weighted by atomic mass is 16.3. The minimum atomic E-state index is 0.0868. The molecule has 6 heteroatoms. The van der Waals surface area contributed by atoms with Crippen molar-refractivity contribution in [3.63, 3.8) is 0 Å². The van der Waals surface area contributed by atoms with Gasteiger partial charge in [-0.1, -0.05) is 0 Å². The van der Waals surface area contributed by atoms with Gasteiger partial charge in [0.2, 0.25) is 0 Å². The third-order valence-electron chi connectivity index (χ3n) is 5.29. The van der Waals surface area contributed by atoms with Gasteiger partial charge in [-0.05, 0) is 49.3 Å². The summed E-state index contributed by atoms with van der Waals surface area (Å²) in [6, 6.07) is 4.52. The van der Waals surface area contributed by atoms with E-state index >= 15 is 0 Å². The van der Waals surface area contributed by atoms with Crippen LogP contribution in [0, 0.1) is 0 Å². The molecule has 0 spiro atoms. The molecule has 0 unspecified atom stereocenters. The number of nitrogens with one attached hydrogen (secondary N) is 1. The molecule has 2 amide bonds. The number of urea groups is 1. The maximum Gasteiger partial charge on any atom is 0.317 e. The zero-order chi connectivity index (χ0) is 16.8. The van der Waals surface area contributed by atoms with Gasteiger partial charge in [0.05, 0.1) is 6.61 Å². The van der Waals surface area contributed by atoms with Gasteiger partial charge in [-0.2, -0.15) is 0 Å². The van der Waals surface area contributed by atoms with E-state index in [1.54, 1.807) is 0 Å². The Morgan fingerprint density at radius 1 is 1.12 bits per heavy atom. The monoisotopic (exact) mass is 332 g/mol. The first kappa shape index (κ1) is 17.2. The molecule has 2 N–H and O–H groups in total. The molecule has 2 saturated heterocycles. The summed E-state index contributed by atoms with van der Waals surface area (Å²) in [6.45, 7) is 4.50. The van der Waals surface area contributed by atoms with Crippen LogP contribution in [0.25, 0.3) is 0 Å². The first-order valence-electron chi connectivity index (χ1n) is 9.05. The molecule has 132 valence electrons. The average Bonchev–Trinajstić information content (AvgIpc) is 2.64. The summed E-state index contributed by atoms with van der Waals surface area (Å²) < 4.78 is 0. The lowest BCUT2D eigenvalue weighted by Crippen LogP contribution is -2.51. The SMILES string of the molecule is O=C(NC1CCN(CCO)CC1)N1CCC(c2ccncc2)CC1. The number of nitrogens with zero attached hydrogens (tertiary/aromatic N) is 3. The number of carbonyl (C=O) groups is 1. The fourth-order valence-electron chi connectivity index (χ4n) is 3.76. The Kier molecular flexibility index (Phi) is 6.04. The molecule has 3 rings (SSSR count). The van der Waals surface area contributed by atoms with Crippen molar-refractivity contribution in [3.05, 3.63) is 30.1 Å². The van der Waals surface area contributed by atoms with Crippen LogP contribution in [0.4, 0.5) is 4.79 Å². The first-order valence-corrected chi connectivity index (χ1v) is 9.05. The van der Waals surface area contributed by atoms with Gasteiger partial charge in [-0.25, -0.2) is 4.79 Å². The molecule has 0 bridgehead atoms. The van der Waals surface area contributed by atoms with Crippen LogP contribution in [-0.4, -0.2) is 71.3 Å². The van der Waals surface area contributed by atoms with Crippen molar-refractivity contribution in [2.75, 3.05) is 39.3 Å². The van der Waals surface area contributed by atoms with Crippen LogP contribution in [0.15, 0.2) is 24.5 Å². The van der Waals surface area contributed by atoms with E-state index < -0.39 is 0 Å². The fraction of sp³-hybridized carbons (Fsp3) is 0.667. The van der Waals surface area contributed by atoms with Gasteiger partial charge >= 0.3 is 6.03 Å². The predicted molar refractivity (Wildman–Crippen MR) is 92.9 cm³/mol. The van der Waals surface area contributed by atoms with Gasteiger partial charge in [-0.3, -0.25) is 4.98 Å². The van der Waals surface area contributed by atoms with Gasteiger partial charge in [-0.15, -0.1) is 0 Å². The highest BCUT2D eigenvalue weighted by molar-refractivity contribution is 5.74. The van der Waals surface area contributed by atoms with E-state index in [1.807, 2.05) is 17.3 Å². The molecule has 1 aromatic heterocycles. The Balaban J connectivity index is 1.41. The summed E-state index contributed by atoms with van der Waals surface area (Å²) in [7, 11) is 0. The van der Waals surface area contributed by atoms with E-state index in [0.29, 0.717) is 5.92 Å². The second-order valence-electron chi connectivity index (χ2n) is 6.83. The first-order chi connectivity index (χ1) is 11.8. The zero-order valence-electron chi connectivity index (χ0n) is 14.2. The van der Waals surface area contributed by atoms with Crippen LogP contribution in [0.2, 0.25) is 0 Å². The minimum absolute atomic E-state index is 0.0868. The minimum Gasteiger partial charge on any atom is -0.395 e. The van der Waals surface area contributed by atoms with Gasteiger partial charge in [0, 0.05) is 51.2 Å². The van der Waals surface area contributed by atoms with Crippen LogP contribution in [0.1, 0.15) is 37.2 Å². The second-order valence-corrected chi connectivity index (χ2v) is 6.83. The molecule has 0 atom stereocenters. The van der Waals surface area contributed by atoms with Crippen molar-refractivity contribution in [1.29, 1.82) is 0 Å². The molecule has 0 radical (unpaired) electrons. The highest BCUT2D eigenvalue weighted by Gasteiger charge is 2.26. The Morgan fingerprint density at radius 2 is 1.79 bits per heavy atom. The average molecular weight is 332 g/mol. The van der Waals surface area contributed by atoms with E-state index in [-0.39, 0.29) is 18.7 Å². The number of rotatable bonds is 4. The number of piperidine rings is 2. The molecule has 2 aliphatic heterocycles. The molecule has 2 fully saturated rings. The summed E-state index contributed by atoms with van der Waals surface area (Å²) in [5, 5.41) is 12.2. The third-order valence-corrected chi connectivity index (χ3v) is 5.29. The van der Waals surface area contributed by atoms with E-state index in [0.717, 1.165) is 58.4 Å². The lowest BCUT2D eigenvalue weighted by atomic mass is 9.90. The number of hydrogen-bond donors (Lipinski definition) is 2. The molecule has 0 aliphatic carbocycles. The number of aromatic nitrogens is 1. The zero-order valence-corrected chi connectivity index (χ0v) is 14.2. The summed E-state index contributed by atoms with van der Waals surface area (Å²) in [5.74, 6) is 0.541. The molecule has 1 aromatic rings. The quantitative estimate of drug-likeness (QED) is 0.875. The molecule has 24 heavy (non-hydrogen) atoms.